The molecule has 8 heteroatoms. The largest absolute Gasteiger partial charge is 0.381 e. The van der Waals surface area contributed by atoms with Crippen molar-refractivity contribution in [2.75, 3.05) is 37.4 Å². The Morgan fingerprint density at radius 2 is 2.19 bits per heavy atom. The highest BCUT2D eigenvalue weighted by molar-refractivity contribution is 5.76. The molecular weight excluding hydrogens is 344 g/mol. The summed E-state index contributed by atoms with van der Waals surface area (Å²) in [5.41, 5.74) is 1.03. The van der Waals surface area contributed by atoms with Crippen LogP contribution in [0.25, 0.3) is 0 Å². The van der Waals surface area contributed by atoms with Crippen molar-refractivity contribution >= 4 is 17.4 Å². The molecule has 27 heavy (non-hydrogen) atoms. The molecule has 3 rings (SSSR count). The molecule has 0 saturated carbocycles. The van der Waals surface area contributed by atoms with E-state index in [0.717, 1.165) is 43.9 Å². The van der Waals surface area contributed by atoms with E-state index < -0.39 is 0 Å². The third-order valence-corrected chi connectivity index (χ3v) is 4.78. The van der Waals surface area contributed by atoms with Gasteiger partial charge in [-0.05, 0) is 38.3 Å². The van der Waals surface area contributed by atoms with Crippen molar-refractivity contribution < 1.29 is 9.32 Å². The van der Waals surface area contributed by atoms with Crippen LogP contribution in [0.3, 0.4) is 0 Å². The highest BCUT2D eigenvalue weighted by Crippen LogP contribution is 2.19. The molecule has 1 atom stereocenters. The monoisotopic (exact) mass is 372 g/mol. The molecule has 1 aliphatic heterocycles. The summed E-state index contributed by atoms with van der Waals surface area (Å²) >= 11 is 0. The number of anilines is 2. The highest BCUT2D eigenvalue weighted by atomic mass is 16.5. The van der Waals surface area contributed by atoms with Crippen LogP contribution in [0.5, 0.6) is 0 Å². The summed E-state index contributed by atoms with van der Waals surface area (Å²) < 4.78 is 5.08. The predicted octanol–water partition coefficient (Wildman–Crippen LogP) is 2.26. The lowest BCUT2D eigenvalue weighted by Crippen LogP contribution is -2.32. The number of pyridine rings is 1. The Kier molecular flexibility index (Phi) is 6.26. The second kappa shape index (κ2) is 8.83. The van der Waals surface area contributed by atoms with E-state index >= 15 is 0 Å². The zero-order valence-corrected chi connectivity index (χ0v) is 16.3. The van der Waals surface area contributed by atoms with Crippen LogP contribution in [-0.4, -0.2) is 59.2 Å². The van der Waals surface area contributed by atoms with E-state index in [9.17, 15) is 4.79 Å². The number of aromatic nitrogens is 3. The smallest absolute Gasteiger partial charge is 0.227 e. The molecule has 0 unspecified atom stereocenters. The summed E-state index contributed by atoms with van der Waals surface area (Å²) in [7, 11) is 3.96. The molecule has 0 aromatic carbocycles. The van der Waals surface area contributed by atoms with Gasteiger partial charge in [-0.1, -0.05) is 5.16 Å². The van der Waals surface area contributed by atoms with Crippen molar-refractivity contribution in [3.05, 3.63) is 30.0 Å². The Morgan fingerprint density at radius 3 is 2.85 bits per heavy atom. The van der Waals surface area contributed by atoms with Gasteiger partial charge in [0.25, 0.3) is 0 Å². The van der Waals surface area contributed by atoms with Gasteiger partial charge in [0, 0.05) is 46.1 Å². The molecule has 0 radical (unpaired) electrons. The molecule has 8 nitrogen and oxygen atoms in total. The predicted molar refractivity (Wildman–Crippen MR) is 104 cm³/mol. The van der Waals surface area contributed by atoms with Crippen LogP contribution < -0.4 is 10.2 Å². The Hall–Kier alpha value is -2.64. The fourth-order valence-electron chi connectivity index (χ4n) is 3.28. The number of nitrogens with zero attached hydrogens (tertiary/aromatic N) is 5. The first-order valence-electron chi connectivity index (χ1n) is 9.48. The number of rotatable bonds is 6. The molecule has 3 heterocycles. The van der Waals surface area contributed by atoms with Crippen molar-refractivity contribution in [2.45, 2.75) is 45.1 Å². The Bertz CT molecular complexity index is 743. The summed E-state index contributed by atoms with van der Waals surface area (Å²) in [5, 5.41) is 7.31. The van der Waals surface area contributed by atoms with E-state index in [1.807, 2.05) is 36.2 Å². The molecule has 2 aromatic rings. The molecular formula is C19H28N6O2. The number of hydrogen-bond donors (Lipinski definition) is 1. The maximum Gasteiger partial charge on any atom is 0.227 e. The van der Waals surface area contributed by atoms with Crippen molar-refractivity contribution in [1.29, 1.82) is 0 Å². The van der Waals surface area contributed by atoms with Crippen LogP contribution in [-0.2, 0) is 11.2 Å². The Labute approximate surface area is 159 Å². The zero-order chi connectivity index (χ0) is 19.2. The van der Waals surface area contributed by atoms with Crippen molar-refractivity contribution in [3.63, 3.8) is 0 Å². The van der Waals surface area contributed by atoms with Crippen molar-refractivity contribution in [3.8, 4) is 0 Å². The van der Waals surface area contributed by atoms with Crippen LogP contribution in [0.1, 0.15) is 37.4 Å². The van der Waals surface area contributed by atoms with Crippen LogP contribution in [0.15, 0.2) is 22.9 Å². The van der Waals surface area contributed by atoms with Crippen molar-refractivity contribution in [2.24, 2.45) is 0 Å². The lowest BCUT2D eigenvalue weighted by molar-refractivity contribution is -0.131. The second-order valence-corrected chi connectivity index (χ2v) is 7.19. The summed E-state index contributed by atoms with van der Waals surface area (Å²) in [6.45, 7) is 3.35. The molecule has 0 bridgehead atoms. The Morgan fingerprint density at radius 1 is 1.33 bits per heavy atom. The fraction of sp³-hybridized carbons (Fsp3) is 0.579. The van der Waals surface area contributed by atoms with Gasteiger partial charge in [0.15, 0.2) is 5.82 Å². The van der Waals surface area contributed by atoms with E-state index in [4.69, 9.17) is 4.52 Å². The van der Waals surface area contributed by atoms with E-state index in [0.29, 0.717) is 30.6 Å². The number of aryl methyl sites for hydroxylation is 2. The first-order chi connectivity index (χ1) is 13.0. The maximum absolute atomic E-state index is 12.5. The Balaban J connectivity index is 1.47. The first kappa shape index (κ1) is 19.1. The van der Waals surface area contributed by atoms with Gasteiger partial charge in [0.05, 0.1) is 11.9 Å². The van der Waals surface area contributed by atoms with Gasteiger partial charge in [-0.2, -0.15) is 4.98 Å². The minimum Gasteiger partial charge on any atom is -0.381 e. The van der Waals surface area contributed by atoms with E-state index in [1.54, 1.807) is 6.92 Å². The topological polar surface area (TPSA) is 87.4 Å². The molecule has 0 spiro atoms. The average molecular weight is 372 g/mol. The minimum atomic E-state index is 0.156. The third kappa shape index (κ3) is 5.42. The lowest BCUT2D eigenvalue weighted by Gasteiger charge is -2.21. The van der Waals surface area contributed by atoms with Crippen LogP contribution in [0.2, 0.25) is 0 Å². The standard InChI is InChI=1S/C19H28N6O2/c1-14-21-18(27-23-14)8-9-19(26)25-11-4-5-15(10-12-25)22-16-6-7-17(20-13-16)24(2)3/h6-7,13,15,22H,4-5,8-12H2,1-3H3/t15-/m0/s1. The number of nitrogens with one attached hydrogen (secondary N) is 1. The average Bonchev–Trinajstić information content (AvgIpc) is 2.93. The number of amides is 1. The molecule has 1 aliphatic rings. The van der Waals surface area contributed by atoms with Gasteiger partial charge in [-0.15, -0.1) is 0 Å². The molecule has 1 saturated heterocycles. The van der Waals surface area contributed by atoms with Gasteiger partial charge in [0.2, 0.25) is 11.8 Å². The summed E-state index contributed by atoms with van der Waals surface area (Å²) in [6, 6.07) is 4.42. The lowest BCUT2D eigenvalue weighted by atomic mass is 10.1. The molecule has 1 amide bonds. The van der Waals surface area contributed by atoms with E-state index in [1.165, 1.54) is 0 Å². The quantitative estimate of drug-likeness (QED) is 0.832. The van der Waals surface area contributed by atoms with Crippen LogP contribution >= 0.6 is 0 Å². The number of hydrogen-bond acceptors (Lipinski definition) is 7. The molecule has 0 aliphatic carbocycles. The summed E-state index contributed by atoms with van der Waals surface area (Å²) in [5.74, 6) is 2.23. The SMILES string of the molecule is Cc1noc(CCC(=O)N2CCC[C@H](Nc3ccc(N(C)C)nc3)CC2)n1. The molecule has 2 aromatic heterocycles. The van der Waals surface area contributed by atoms with Gasteiger partial charge in [0.1, 0.15) is 5.82 Å². The normalized spacial score (nSPS) is 17.4. The van der Waals surface area contributed by atoms with E-state index in [-0.39, 0.29) is 5.91 Å². The van der Waals surface area contributed by atoms with Crippen LogP contribution in [0, 0.1) is 6.92 Å². The van der Waals surface area contributed by atoms with Crippen LogP contribution in [0.4, 0.5) is 11.5 Å². The number of likely N-dealkylation sites (tertiary alicyclic amines) is 1. The molecule has 1 N–H and O–H groups in total. The second-order valence-electron chi connectivity index (χ2n) is 7.19. The van der Waals surface area contributed by atoms with Gasteiger partial charge >= 0.3 is 0 Å². The fourth-order valence-corrected chi connectivity index (χ4v) is 3.28. The first-order valence-corrected chi connectivity index (χ1v) is 9.48. The third-order valence-electron chi connectivity index (χ3n) is 4.78. The minimum absolute atomic E-state index is 0.156. The van der Waals surface area contributed by atoms with Crippen molar-refractivity contribution in [1.82, 2.24) is 20.0 Å². The van der Waals surface area contributed by atoms with E-state index in [2.05, 4.69) is 26.5 Å². The van der Waals surface area contributed by atoms with Gasteiger partial charge < -0.3 is 19.6 Å². The van der Waals surface area contributed by atoms with Gasteiger partial charge in [-0.3, -0.25) is 4.79 Å². The summed E-state index contributed by atoms with van der Waals surface area (Å²) in [4.78, 5) is 25.0. The maximum atomic E-state index is 12.5. The molecule has 1 fully saturated rings. The number of carbonyl (C=O) groups excluding carboxylic acids is 1. The highest BCUT2D eigenvalue weighted by Gasteiger charge is 2.21. The molecule has 146 valence electrons. The number of carbonyl (C=O) groups is 1. The van der Waals surface area contributed by atoms with Gasteiger partial charge in [-0.25, -0.2) is 4.98 Å². The summed E-state index contributed by atoms with van der Waals surface area (Å²) in [6.07, 6.45) is 5.75. The zero-order valence-electron chi connectivity index (χ0n) is 16.3.